The smallest absolute Gasteiger partial charge is 0.319 e. The Morgan fingerprint density at radius 3 is 2.96 bits per heavy atom. The first-order valence-electron chi connectivity index (χ1n) is 7.58. The summed E-state index contributed by atoms with van der Waals surface area (Å²) in [4.78, 5) is 13.5. The van der Waals surface area contributed by atoms with Crippen molar-refractivity contribution in [3.05, 3.63) is 47.0 Å². The van der Waals surface area contributed by atoms with Crippen molar-refractivity contribution in [3.8, 4) is 11.5 Å². The van der Waals surface area contributed by atoms with E-state index >= 15 is 0 Å². The Morgan fingerprint density at radius 2 is 2.04 bits per heavy atom. The molecular weight excluding hydrogens is 348 g/mol. The summed E-state index contributed by atoms with van der Waals surface area (Å²) >= 11 is 7.88. The first-order chi connectivity index (χ1) is 11.7. The van der Waals surface area contributed by atoms with Crippen LogP contribution in [0, 0.1) is 0 Å². The SMILES string of the molecule is O=C(Nc1ccc2c(c1)OCO2)N[C@@H]1CCSc2ccc(Cl)cc21. The molecule has 2 N–H and O–H groups in total. The second-order valence-electron chi connectivity index (χ2n) is 5.54. The molecule has 7 heteroatoms. The van der Waals surface area contributed by atoms with Crippen LogP contribution in [0.25, 0.3) is 0 Å². The van der Waals surface area contributed by atoms with Crippen molar-refractivity contribution < 1.29 is 14.3 Å². The maximum atomic E-state index is 12.3. The van der Waals surface area contributed by atoms with E-state index in [0.29, 0.717) is 22.2 Å². The lowest BCUT2D eigenvalue weighted by molar-refractivity contribution is 0.174. The Kier molecular flexibility index (Phi) is 4.16. The molecular formula is C17H15ClN2O3S. The predicted octanol–water partition coefficient (Wildman–Crippen LogP) is 4.43. The number of nitrogens with one attached hydrogen (secondary N) is 2. The highest BCUT2D eigenvalue weighted by molar-refractivity contribution is 7.99. The molecule has 0 fully saturated rings. The molecule has 1 atom stereocenters. The monoisotopic (exact) mass is 362 g/mol. The highest BCUT2D eigenvalue weighted by Crippen LogP contribution is 2.38. The number of anilines is 1. The summed E-state index contributed by atoms with van der Waals surface area (Å²) in [7, 11) is 0. The number of fused-ring (bicyclic) bond motifs is 2. The van der Waals surface area contributed by atoms with Gasteiger partial charge in [-0.15, -0.1) is 11.8 Å². The van der Waals surface area contributed by atoms with Crippen molar-refractivity contribution in [2.45, 2.75) is 17.4 Å². The highest BCUT2D eigenvalue weighted by atomic mass is 35.5. The van der Waals surface area contributed by atoms with Gasteiger partial charge < -0.3 is 20.1 Å². The Morgan fingerprint density at radius 1 is 1.17 bits per heavy atom. The van der Waals surface area contributed by atoms with Gasteiger partial charge in [0.2, 0.25) is 6.79 Å². The van der Waals surface area contributed by atoms with Crippen LogP contribution in [0.5, 0.6) is 11.5 Å². The van der Waals surface area contributed by atoms with E-state index in [-0.39, 0.29) is 18.9 Å². The third-order valence-corrected chi connectivity index (χ3v) is 5.30. The number of thioether (sulfide) groups is 1. The third-order valence-electron chi connectivity index (χ3n) is 3.95. The number of urea groups is 1. The first kappa shape index (κ1) is 15.5. The van der Waals surface area contributed by atoms with Crippen molar-refractivity contribution >= 4 is 35.1 Å². The van der Waals surface area contributed by atoms with Crippen LogP contribution < -0.4 is 20.1 Å². The molecule has 2 aliphatic heterocycles. The van der Waals surface area contributed by atoms with Gasteiger partial charge in [-0.25, -0.2) is 4.79 Å². The molecule has 124 valence electrons. The number of amides is 2. The van der Waals surface area contributed by atoms with E-state index < -0.39 is 0 Å². The van der Waals surface area contributed by atoms with Gasteiger partial charge >= 0.3 is 6.03 Å². The highest BCUT2D eigenvalue weighted by Gasteiger charge is 2.23. The molecule has 0 spiro atoms. The Labute approximate surface area is 148 Å². The molecule has 0 radical (unpaired) electrons. The van der Waals surface area contributed by atoms with Crippen LogP contribution in [0.2, 0.25) is 5.02 Å². The minimum atomic E-state index is -0.253. The lowest BCUT2D eigenvalue weighted by Gasteiger charge is -2.26. The normalized spacial score (nSPS) is 18.0. The van der Waals surface area contributed by atoms with Crippen LogP contribution in [-0.2, 0) is 0 Å². The quantitative estimate of drug-likeness (QED) is 0.829. The van der Waals surface area contributed by atoms with Crippen molar-refractivity contribution in [1.29, 1.82) is 0 Å². The van der Waals surface area contributed by atoms with Gasteiger partial charge in [0.05, 0.1) is 6.04 Å². The molecule has 0 aromatic heterocycles. The summed E-state index contributed by atoms with van der Waals surface area (Å²) in [5.41, 5.74) is 1.73. The molecule has 0 saturated heterocycles. The number of hydrogen-bond donors (Lipinski definition) is 2. The van der Waals surface area contributed by atoms with E-state index in [4.69, 9.17) is 21.1 Å². The van der Waals surface area contributed by atoms with Crippen LogP contribution in [0.1, 0.15) is 18.0 Å². The molecule has 2 aromatic rings. The summed E-state index contributed by atoms with van der Waals surface area (Å²) in [5, 5.41) is 6.54. The molecule has 0 saturated carbocycles. The topological polar surface area (TPSA) is 59.6 Å². The molecule has 2 aliphatic rings. The predicted molar refractivity (Wildman–Crippen MR) is 94.3 cm³/mol. The van der Waals surface area contributed by atoms with Crippen molar-refractivity contribution in [1.82, 2.24) is 5.32 Å². The maximum absolute atomic E-state index is 12.3. The molecule has 0 unspecified atom stereocenters. The molecule has 2 heterocycles. The summed E-state index contributed by atoms with van der Waals surface area (Å²) in [5.74, 6) is 2.29. The van der Waals surface area contributed by atoms with E-state index in [2.05, 4.69) is 10.6 Å². The molecule has 2 amide bonds. The summed E-state index contributed by atoms with van der Waals surface area (Å²) < 4.78 is 10.6. The zero-order valence-corrected chi connectivity index (χ0v) is 14.2. The van der Waals surface area contributed by atoms with Gasteiger partial charge in [-0.05, 0) is 42.3 Å². The lowest BCUT2D eigenvalue weighted by Crippen LogP contribution is -2.34. The number of rotatable bonds is 2. The lowest BCUT2D eigenvalue weighted by atomic mass is 10.0. The summed E-state index contributed by atoms with van der Waals surface area (Å²) in [6.07, 6.45) is 0.868. The van der Waals surface area contributed by atoms with Gasteiger partial charge in [-0.1, -0.05) is 11.6 Å². The van der Waals surface area contributed by atoms with Crippen LogP contribution >= 0.6 is 23.4 Å². The third kappa shape index (κ3) is 3.12. The molecule has 4 rings (SSSR count). The van der Waals surface area contributed by atoms with Crippen molar-refractivity contribution in [2.75, 3.05) is 17.9 Å². The number of benzene rings is 2. The average molecular weight is 363 g/mol. The number of hydrogen-bond acceptors (Lipinski definition) is 4. The molecule has 24 heavy (non-hydrogen) atoms. The Balaban J connectivity index is 1.46. The zero-order valence-electron chi connectivity index (χ0n) is 12.7. The second-order valence-corrected chi connectivity index (χ2v) is 7.11. The number of ether oxygens (including phenoxy) is 2. The van der Waals surface area contributed by atoms with E-state index in [1.54, 1.807) is 30.0 Å². The van der Waals surface area contributed by atoms with E-state index in [1.807, 2.05) is 18.2 Å². The van der Waals surface area contributed by atoms with E-state index in [0.717, 1.165) is 17.7 Å². The van der Waals surface area contributed by atoms with Crippen LogP contribution in [0.3, 0.4) is 0 Å². The largest absolute Gasteiger partial charge is 0.454 e. The van der Waals surface area contributed by atoms with Gasteiger partial charge in [-0.3, -0.25) is 0 Å². The molecule has 0 aliphatic carbocycles. The molecule has 0 bridgehead atoms. The minimum absolute atomic E-state index is 0.0473. The summed E-state index contributed by atoms with van der Waals surface area (Å²) in [6, 6.07) is 10.8. The standard InChI is InChI=1S/C17H15ClN2O3S/c18-10-1-4-16-12(7-10)13(5-6-24-16)20-17(21)19-11-2-3-14-15(8-11)23-9-22-14/h1-4,7-8,13H,5-6,9H2,(H2,19,20,21)/t13-/m1/s1. The fourth-order valence-corrected chi connectivity index (χ4v) is 4.10. The first-order valence-corrected chi connectivity index (χ1v) is 8.95. The fourth-order valence-electron chi connectivity index (χ4n) is 2.81. The van der Waals surface area contributed by atoms with Crippen molar-refractivity contribution in [2.24, 2.45) is 0 Å². The van der Waals surface area contributed by atoms with Crippen LogP contribution in [0.15, 0.2) is 41.3 Å². The number of carbonyl (C=O) groups is 1. The van der Waals surface area contributed by atoms with Gasteiger partial charge in [-0.2, -0.15) is 0 Å². The average Bonchev–Trinajstić information content (AvgIpc) is 3.03. The van der Waals surface area contributed by atoms with E-state index in [1.165, 1.54) is 4.90 Å². The van der Waals surface area contributed by atoms with Crippen molar-refractivity contribution in [3.63, 3.8) is 0 Å². The molecule has 2 aromatic carbocycles. The van der Waals surface area contributed by atoms with Gasteiger partial charge in [0.15, 0.2) is 11.5 Å². The van der Waals surface area contributed by atoms with E-state index in [9.17, 15) is 4.79 Å². The van der Waals surface area contributed by atoms with Crippen LogP contribution in [-0.4, -0.2) is 18.6 Å². The van der Waals surface area contributed by atoms with Gasteiger partial charge in [0, 0.05) is 27.4 Å². The van der Waals surface area contributed by atoms with Gasteiger partial charge in [0.1, 0.15) is 0 Å². The summed E-state index contributed by atoms with van der Waals surface area (Å²) in [6.45, 7) is 0.211. The number of carbonyl (C=O) groups excluding carboxylic acids is 1. The maximum Gasteiger partial charge on any atom is 0.319 e. The molecule has 5 nitrogen and oxygen atoms in total. The number of halogens is 1. The Hall–Kier alpha value is -2.05. The zero-order chi connectivity index (χ0) is 16.5. The minimum Gasteiger partial charge on any atom is -0.454 e. The van der Waals surface area contributed by atoms with Crippen LogP contribution in [0.4, 0.5) is 10.5 Å². The fraction of sp³-hybridized carbons (Fsp3) is 0.235. The Bertz CT molecular complexity index is 799. The van der Waals surface area contributed by atoms with Gasteiger partial charge in [0.25, 0.3) is 0 Å². The second kappa shape index (κ2) is 6.45.